The Hall–Kier alpha value is -0.600. The Morgan fingerprint density at radius 3 is 3.09 bits per heavy atom. The van der Waals surface area contributed by atoms with E-state index in [-0.39, 0.29) is 6.10 Å². The van der Waals surface area contributed by atoms with Gasteiger partial charge in [-0.2, -0.15) is 11.3 Å². The first-order valence-corrected chi connectivity index (χ1v) is 4.60. The number of hydrogen-bond donors (Lipinski definition) is 1. The molecule has 1 heterocycles. The van der Waals surface area contributed by atoms with Crippen LogP contribution in [0.15, 0.2) is 22.9 Å². The van der Waals surface area contributed by atoms with E-state index in [2.05, 4.69) is 11.4 Å². The van der Waals surface area contributed by atoms with Crippen LogP contribution in [0.4, 0.5) is 0 Å². The van der Waals surface area contributed by atoms with Gasteiger partial charge in [-0.15, -0.1) is 0 Å². The summed E-state index contributed by atoms with van der Waals surface area (Å²) >= 11 is 1.68. The molecule has 1 atom stereocenters. The third kappa shape index (κ3) is 3.35. The summed E-state index contributed by atoms with van der Waals surface area (Å²) in [5.41, 5.74) is 1.22. The van der Waals surface area contributed by atoms with E-state index < -0.39 is 0 Å². The molecule has 1 N–H and O–H groups in total. The molecule has 1 aromatic heterocycles. The van der Waals surface area contributed by atoms with Crippen LogP contribution in [-0.4, -0.2) is 11.2 Å². The molecule has 0 radical (unpaired) electrons. The van der Waals surface area contributed by atoms with Crippen molar-refractivity contribution in [3.63, 3.8) is 0 Å². The van der Waals surface area contributed by atoms with E-state index in [4.69, 9.17) is 5.11 Å². The summed E-state index contributed by atoms with van der Waals surface area (Å²) in [7, 11) is 0. The summed E-state index contributed by atoms with van der Waals surface area (Å²) < 4.78 is 0. The van der Waals surface area contributed by atoms with Crippen molar-refractivity contribution in [3.8, 4) is 0 Å². The molecule has 60 valence electrons. The van der Waals surface area contributed by atoms with Crippen LogP contribution >= 0.6 is 11.3 Å². The molecule has 0 saturated heterocycles. The van der Waals surface area contributed by atoms with Crippen molar-refractivity contribution in [2.75, 3.05) is 0 Å². The van der Waals surface area contributed by atoms with Crippen molar-refractivity contribution in [2.45, 2.75) is 19.4 Å². The Labute approximate surface area is 71.0 Å². The third-order valence-electron chi connectivity index (χ3n) is 1.33. The minimum Gasteiger partial charge on any atom is -0.393 e. The first kappa shape index (κ1) is 8.50. The Balaban J connectivity index is 2.37. The molecule has 0 aromatic carbocycles. The molecule has 1 unspecified atom stereocenters. The fraction of sp³-hybridized carbons (Fsp3) is 0.333. The summed E-state index contributed by atoms with van der Waals surface area (Å²) in [6, 6.07) is 2.06. The first-order valence-electron chi connectivity index (χ1n) is 3.66. The van der Waals surface area contributed by atoms with Gasteiger partial charge in [-0.05, 0) is 35.7 Å². The van der Waals surface area contributed by atoms with E-state index in [9.17, 15) is 0 Å². The molecule has 11 heavy (non-hydrogen) atoms. The van der Waals surface area contributed by atoms with Crippen LogP contribution in [0, 0.1) is 0 Å². The van der Waals surface area contributed by atoms with Crippen molar-refractivity contribution >= 4 is 17.4 Å². The molecular weight excluding hydrogens is 156 g/mol. The maximum Gasteiger partial charge on any atom is 0.0546 e. The van der Waals surface area contributed by atoms with Gasteiger partial charge in [-0.3, -0.25) is 0 Å². The van der Waals surface area contributed by atoms with Gasteiger partial charge < -0.3 is 5.11 Å². The number of rotatable bonds is 3. The highest BCUT2D eigenvalue weighted by molar-refractivity contribution is 7.08. The van der Waals surface area contributed by atoms with Gasteiger partial charge in [0.25, 0.3) is 0 Å². The zero-order valence-corrected chi connectivity index (χ0v) is 7.34. The van der Waals surface area contributed by atoms with Crippen molar-refractivity contribution in [2.24, 2.45) is 0 Å². The molecule has 0 aliphatic heterocycles. The van der Waals surface area contributed by atoms with E-state index >= 15 is 0 Å². The molecule has 0 aliphatic rings. The van der Waals surface area contributed by atoms with Gasteiger partial charge in [0.1, 0.15) is 0 Å². The highest BCUT2D eigenvalue weighted by Gasteiger charge is 1.89. The molecule has 0 saturated carbocycles. The summed E-state index contributed by atoms with van der Waals surface area (Å²) in [6.45, 7) is 1.79. The van der Waals surface area contributed by atoms with E-state index in [1.807, 2.05) is 17.5 Å². The second kappa shape index (κ2) is 4.31. The first-order chi connectivity index (χ1) is 5.29. The fourth-order valence-corrected chi connectivity index (χ4v) is 1.40. The van der Waals surface area contributed by atoms with Crippen LogP contribution < -0.4 is 0 Å². The lowest BCUT2D eigenvalue weighted by Crippen LogP contribution is -1.94. The highest BCUT2D eigenvalue weighted by Crippen LogP contribution is 2.08. The predicted molar refractivity (Wildman–Crippen MR) is 49.7 cm³/mol. The second-order valence-corrected chi connectivity index (χ2v) is 3.32. The molecule has 1 rings (SSSR count). The topological polar surface area (TPSA) is 20.2 Å². The number of aliphatic hydroxyl groups is 1. The Kier molecular flexibility index (Phi) is 3.33. The van der Waals surface area contributed by atoms with Crippen LogP contribution in [0.25, 0.3) is 6.08 Å². The van der Waals surface area contributed by atoms with Gasteiger partial charge in [-0.1, -0.05) is 12.2 Å². The van der Waals surface area contributed by atoms with Crippen molar-refractivity contribution < 1.29 is 5.11 Å². The zero-order chi connectivity index (χ0) is 8.10. The van der Waals surface area contributed by atoms with E-state index in [0.29, 0.717) is 0 Å². The second-order valence-electron chi connectivity index (χ2n) is 2.54. The minimum absolute atomic E-state index is 0.232. The highest BCUT2D eigenvalue weighted by atomic mass is 32.1. The van der Waals surface area contributed by atoms with Gasteiger partial charge in [-0.25, -0.2) is 0 Å². The maximum absolute atomic E-state index is 8.93. The summed E-state index contributed by atoms with van der Waals surface area (Å²) in [5.74, 6) is 0. The standard InChI is InChI=1S/C9H12OS/c1-8(10)3-2-4-9-5-6-11-7-9/h2,4-8,10H,3H2,1H3/b4-2+. The normalized spacial score (nSPS) is 14.0. The molecule has 1 nitrogen and oxygen atoms in total. The Morgan fingerprint density at radius 2 is 2.55 bits per heavy atom. The fourth-order valence-electron chi connectivity index (χ4n) is 0.771. The third-order valence-corrected chi connectivity index (χ3v) is 2.03. The predicted octanol–water partition coefficient (Wildman–Crippen LogP) is 2.53. The van der Waals surface area contributed by atoms with Gasteiger partial charge in [0.05, 0.1) is 6.10 Å². The number of thiophene rings is 1. The lowest BCUT2D eigenvalue weighted by molar-refractivity contribution is 0.199. The summed E-state index contributed by atoms with van der Waals surface area (Å²) in [6.07, 6.45) is 4.52. The molecular formula is C9H12OS. The quantitative estimate of drug-likeness (QED) is 0.735. The van der Waals surface area contributed by atoms with E-state index in [1.165, 1.54) is 5.56 Å². The van der Waals surface area contributed by atoms with Crippen LogP contribution in [0.1, 0.15) is 18.9 Å². The van der Waals surface area contributed by atoms with Crippen LogP contribution in [0.3, 0.4) is 0 Å². The number of aliphatic hydroxyl groups excluding tert-OH is 1. The molecule has 0 amide bonds. The molecule has 1 aromatic rings. The Bertz CT molecular complexity index is 211. The van der Waals surface area contributed by atoms with Crippen LogP contribution in [0.5, 0.6) is 0 Å². The number of hydrogen-bond acceptors (Lipinski definition) is 2. The van der Waals surface area contributed by atoms with Crippen LogP contribution in [0.2, 0.25) is 0 Å². The minimum atomic E-state index is -0.232. The lowest BCUT2D eigenvalue weighted by atomic mass is 10.2. The largest absolute Gasteiger partial charge is 0.393 e. The molecule has 0 bridgehead atoms. The molecule has 0 aliphatic carbocycles. The zero-order valence-electron chi connectivity index (χ0n) is 6.53. The average molecular weight is 168 g/mol. The van der Waals surface area contributed by atoms with Gasteiger partial charge in [0.15, 0.2) is 0 Å². The smallest absolute Gasteiger partial charge is 0.0546 e. The van der Waals surface area contributed by atoms with Crippen molar-refractivity contribution in [1.29, 1.82) is 0 Å². The lowest BCUT2D eigenvalue weighted by Gasteiger charge is -1.94. The summed E-state index contributed by atoms with van der Waals surface area (Å²) in [4.78, 5) is 0. The van der Waals surface area contributed by atoms with Gasteiger partial charge in [0.2, 0.25) is 0 Å². The molecule has 2 heteroatoms. The van der Waals surface area contributed by atoms with E-state index in [1.54, 1.807) is 18.3 Å². The Morgan fingerprint density at radius 1 is 1.73 bits per heavy atom. The average Bonchev–Trinajstić information content (AvgIpc) is 2.39. The van der Waals surface area contributed by atoms with Crippen molar-refractivity contribution in [1.82, 2.24) is 0 Å². The van der Waals surface area contributed by atoms with Crippen molar-refractivity contribution in [3.05, 3.63) is 28.5 Å². The van der Waals surface area contributed by atoms with Crippen LogP contribution in [-0.2, 0) is 0 Å². The summed E-state index contributed by atoms with van der Waals surface area (Å²) in [5, 5.41) is 13.1. The molecule has 0 fully saturated rings. The van der Waals surface area contributed by atoms with Gasteiger partial charge >= 0.3 is 0 Å². The SMILES string of the molecule is CC(O)C/C=C/c1ccsc1. The monoisotopic (exact) mass is 168 g/mol. The van der Waals surface area contributed by atoms with E-state index in [0.717, 1.165) is 6.42 Å². The van der Waals surface area contributed by atoms with Gasteiger partial charge in [0, 0.05) is 0 Å². The molecule has 0 spiro atoms. The maximum atomic E-state index is 8.93.